The van der Waals surface area contributed by atoms with E-state index >= 15 is 0 Å². The van der Waals surface area contributed by atoms with Crippen LogP contribution < -0.4 is 19.5 Å². The molecule has 0 spiro atoms. The van der Waals surface area contributed by atoms with Crippen molar-refractivity contribution in [2.24, 2.45) is 0 Å². The molecule has 1 N–H and O–H groups in total. The molecule has 1 heterocycles. The van der Waals surface area contributed by atoms with Crippen molar-refractivity contribution in [1.29, 1.82) is 0 Å². The van der Waals surface area contributed by atoms with Crippen LogP contribution in [0.25, 0.3) is 0 Å². The lowest BCUT2D eigenvalue weighted by atomic mass is 10.1. The van der Waals surface area contributed by atoms with Crippen molar-refractivity contribution < 1.29 is 28.5 Å². The summed E-state index contributed by atoms with van der Waals surface area (Å²) in [4.78, 5) is 23.6. The predicted molar refractivity (Wildman–Crippen MR) is 96.8 cm³/mol. The molecule has 1 aliphatic rings. The third kappa shape index (κ3) is 4.91. The fourth-order valence-electron chi connectivity index (χ4n) is 2.65. The van der Waals surface area contributed by atoms with Crippen LogP contribution in [0.2, 0.25) is 0 Å². The summed E-state index contributed by atoms with van der Waals surface area (Å²) < 4.78 is 21.0. The number of nitrogens with one attached hydrogen (secondary N) is 1. The van der Waals surface area contributed by atoms with E-state index in [1.54, 1.807) is 12.1 Å². The van der Waals surface area contributed by atoms with Crippen molar-refractivity contribution in [3.8, 4) is 17.2 Å². The highest BCUT2D eigenvalue weighted by Gasteiger charge is 2.14. The molecule has 0 saturated carbocycles. The first-order valence-corrected chi connectivity index (χ1v) is 8.53. The van der Waals surface area contributed by atoms with Gasteiger partial charge in [-0.05, 0) is 42.7 Å². The molecule has 7 heteroatoms. The Labute approximate surface area is 157 Å². The molecule has 142 valence electrons. The van der Waals surface area contributed by atoms with E-state index < -0.39 is 11.9 Å². The van der Waals surface area contributed by atoms with Gasteiger partial charge in [0.15, 0.2) is 24.7 Å². The lowest BCUT2D eigenvalue weighted by Gasteiger charge is -2.11. The zero-order valence-corrected chi connectivity index (χ0v) is 15.2. The Hall–Kier alpha value is -3.22. The Bertz CT molecular complexity index is 828. The van der Waals surface area contributed by atoms with Crippen molar-refractivity contribution >= 4 is 11.9 Å². The molecule has 0 saturated heterocycles. The van der Waals surface area contributed by atoms with Gasteiger partial charge >= 0.3 is 5.97 Å². The first-order chi connectivity index (χ1) is 13.0. The minimum absolute atomic E-state index is 0.200. The maximum atomic E-state index is 11.9. The van der Waals surface area contributed by atoms with Gasteiger partial charge in [0.25, 0.3) is 5.91 Å². The Kier molecular flexibility index (Phi) is 5.80. The summed E-state index contributed by atoms with van der Waals surface area (Å²) in [5.41, 5.74) is 2.73. The fourth-order valence-corrected chi connectivity index (χ4v) is 2.65. The topological polar surface area (TPSA) is 83.1 Å². The number of para-hydroxylation sites is 1. The lowest BCUT2D eigenvalue weighted by Crippen LogP contribution is -2.29. The Morgan fingerprint density at radius 2 is 1.78 bits per heavy atom. The second-order valence-corrected chi connectivity index (χ2v) is 6.13. The van der Waals surface area contributed by atoms with E-state index in [2.05, 4.69) is 5.32 Å². The van der Waals surface area contributed by atoms with E-state index in [0.29, 0.717) is 23.8 Å². The maximum Gasteiger partial charge on any atom is 0.344 e. The van der Waals surface area contributed by atoms with E-state index in [1.165, 1.54) is 0 Å². The summed E-state index contributed by atoms with van der Waals surface area (Å²) in [5.74, 6) is 0.991. The summed E-state index contributed by atoms with van der Waals surface area (Å²) in [6, 6.07) is 11.1. The number of fused-ring (bicyclic) bond motifs is 1. The second-order valence-electron chi connectivity index (χ2n) is 6.13. The fraction of sp³-hybridized carbons (Fsp3) is 0.300. The molecule has 1 amide bonds. The molecule has 7 nitrogen and oxygen atoms in total. The van der Waals surface area contributed by atoms with Crippen molar-refractivity contribution in [3.63, 3.8) is 0 Å². The highest BCUT2D eigenvalue weighted by molar-refractivity contribution is 5.80. The normalized spacial score (nSPS) is 11.8. The number of hydrogen-bond donors (Lipinski definition) is 1. The number of amides is 1. The molecular weight excluding hydrogens is 350 g/mol. The number of benzene rings is 2. The second kappa shape index (κ2) is 8.44. The van der Waals surface area contributed by atoms with E-state index in [4.69, 9.17) is 18.9 Å². The number of hydrogen-bond acceptors (Lipinski definition) is 6. The van der Waals surface area contributed by atoms with Gasteiger partial charge in [0.2, 0.25) is 6.79 Å². The molecule has 3 rings (SSSR count). The number of carbonyl (C=O) groups excluding carboxylic acids is 2. The standard InChI is InChI=1S/C20H21NO6/c1-13-4-3-5-14(2)20(13)25-11-19(23)24-10-18(22)21-9-15-6-7-16-17(8-15)27-12-26-16/h3-8H,9-12H2,1-2H3,(H,21,22). The van der Waals surface area contributed by atoms with Crippen LogP contribution in [0.1, 0.15) is 16.7 Å². The summed E-state index contributed by atoms with van der Waals surface area (Å²) in [6.07, 6.45) is 0. The van der Waals surface area contributed by atoms with Crippen LogP contribution in [0.5, 0.6) is 17.2 Å². The largest absolute Gasteiger partial charge is 0.481 e. The third-order valence-electron chi connectivity index (χ3n) is 4.03. The third-order valence-corrected chi connectivity index (χ3v) is 4.03. The van der Waals surface area contributed by atoms with Gasteiger partial charge < -0.3 is 24.3 Å². The molecule has 0 fully saturated rings. The molecule has 0 radical (unpaired) electrons. The minimum Gasteiger partial charge on any atom is -0.481 e. The van der Waals surface area contributed by atoms with Crippen LogP contribution in [0.15, 0.2) is 36.4 Å². The zero-order valence-electron chi connectivity index (χ0n) is 15.2. The molecule has 0 atom stereocenters. The summed E-state index contributed by atoms with van der Waals surface area (Å²) >= 11 is 0. The van der Waals surface area contributed by atoms with Gasteiger partial charge in [-0.2, -0.15) is 0 Å². The monoisotopic (exact) mass is 371 g/mol. The van der Waals surface area contributed by atoms with Crippen molar-refractivity contribution in [2.45, 2.75) is 20.4 Å². The smallest absolute Gasteiger partial charge is 0.344 e. The molecule has 2 aromatic rings. The maximum absolute atomic E-state index is 11.9. The van der Waals surface area contributed by atoms with Crippen LogP contribution in [0.4, 0.5) is 0 Å². The molecule has 0 unspecified atom stereocenters. The molecule has 0 aromatic heterocycles. The van der Waals surface area contributed by atoms with Crippen LogP contribution in [0.3, 0.4) is 0 Å². The van der Waals surface area contributed by atoms with E-state index in [0.717, 1.165) is 16.7 Å². The summed E-state index contributed by atoms with van der Waals surface area (Å²) in [7, 11) is 0. The van der Waals surface area contributed by atoms with E-state index in [9.17, 15) is 9.59 Å². The molecule has 0 bridgehead atoms. The van der Waals surface area contributed by atoms with Crippen molar-refractivity contribution in [2.75, 3.05) is 20.0 Å². The minimum atomic E-state index is -0.601. The molecule has 2 aromatic carbocycles. The molecule has 1 aliphatic heterocycles. The molecule has 0 aliphatic carbocycles. The quantitative estimate of drug-likeness (QED) is 0.752. The highest BCUT2D eigenvalue weighted by Crippen LogP contribution is 2.32. The number of rotatable bonds is 7. The first kappa shape index (κ1) is 18.6. The average Bonchev–Trinajstić information content (AvgIpc) is 3.12. The van der Waals surface area contributed by atoms with Crippen LogP contribution in [-0.4, -0.2) is 31.9 Å². The van der Waals surface area contributed by atoms with Gasteiger partial charge in [0.1, 0.15) is 5.75 Å². The van der Waals surface area contributed by atoms with Gasteiger partial charge in [0.05, 0.1) is 0 Å². The van der Waals surface area contributed by atoms with E-state index in [1.807, 2.05) is 38.1 Å². The van der Waals surface area contributed by atoms with Crippen LogP contribution in [-0.2, 0) is 20.9 Å². The lowest BCUT2D eigenvalue weighted by molar-refractivity contribution is -0.150. The number of ether oxygens (including phenoxy) is 4. The molecular formula is C20H21NO6. The van der Waals surface area contributed by atoms with Crippen LogP contribution >= 0.6 is 0 Å². The van der Waals surface area contributed by atoms with Gasteiger partial charge in [-0.1, -0.05) is 24.3 Å². The summed E-state index contributed by atoms with van der Waals surface area (Å²) in [5, 5.41) is 2.68. The van der Waals surface area contributed by atoms with Gasteiger partial charge in [-0.3, -0.25) is 4.79 Å². The zero-order chi connectivity index (χ0) is 19.2. The van der Waals surface area contributed by atoms with Gasteiger partial charge in [-0.25, -0.2) is 4.79 Å². The number of carbonyl (C=O) groups is 2. The molecule has 27 heavy (non-hydrogen) atoms. The van der Waals surface area contributed by atoms with Crippen molar-refractivity contribution in [3.05, 3.63) is 53.1 Å². The van der Waals surface area contributed by atoms with Crippen molar-refractivity contribution in [1.82, 2.24) is 5.32 Å². The predicted octanol–water partition coefficient (Wildman–Crippen LogP) is 2.27. The van der Waals surface area contributed by atoms with Gasteiger partial charge in [-0.15, -0.1) is 0 Å². The van der Waals surface area contributed by atoms with Gasteiger partial charge in [0, 0.05) is 6.54 Å². The first-order valence-electron chi connectivity index (χ1n) is 8.53. The number of esters is 1. The SMILES string of the molecule is Cc1cccc(C)c1OCC(=O)OCC(=O)NCc1ccc2c(c1)OCO2. The Morgan fingerprint density at radius 1 is 1.04 bits per heavy atom. The Morgan fingerprint density at radius 3 is 2.56 bits per heavy atom. The Balaban J connectivity index is 1.39. The summed E-state index contributed by atoms with van der Waals surface area (Å²) in [6.45, 7) is 3.69. The van der Waals surface area contributed by atoms with E-state index in [-0.39, 0.29) is 20.0 Å². The average molecular weight is 371 g/mol. The number of aryl methyl sites for hydroxylation is 2. The van der Waals surface area contributed by atoms with Crippen LogP contribution in [0, 0.1) is 13.8 Å². The highest BCUT2D eigenvalue weighted by atomic mass is 16.7.